The number of unbranched alkanes of at least 4 members (excludes halogenated alkanes) is 7. The van der Waals surface area contributed by atoms with Crippen molar-refractivity contribution in [3.05, 3.63) is 12.2 Å². The molecule has 0 unspecified atom stereocenters. The molecule has 2 nitrogen and oxygen atoms in total. The van der Waals surface area contributed by atoms with Crippen molar-refractivity contribution >= 4 is 0 Å². The predicted molar refractivity (Wildman–Crippen MR) is 124 cm³/mol. The van der Waals surface area contributed by atoms with Gasteiger partial charge in [-0.1, -0.05) is 85.3 Å². The zero-order valence-corrected chi connectivity index (χ0v) is 19.6. The van der Waals surface area contributed by atoms with E-state index >= 15 is 0 Å². The molecule has 0 saturated carbocycles. The standard InChI is InChI=1S/C25H52N2/c1-6-11-12-13-14-15-16-17-18-19-20-25(26(21-7-2)22-8-3)27(23-9-4)24-10-5/h18-19,25H,6-17,20-24H2,1-5H3. The molecule has 0 aliphatic rings. The number of nitrogens with zero attached hydrogens (tertiary/aromatic N) is 2. The SMILES string of the molecule is CCCCCCCCCC=CCC(N(CCC)CCC)N(CCC)CCC. The highest BCUT2D eigenvalue weighted by molar-refractivity contribution is 4.88. The monoisotopic (exact) mass is 380 g/mol. The second kappa shape index (κ2) is 20.4. The Morgan fingerprint density at radius 3 is 1.41 bits per heavy atom. The van der Waals surface area contributed by atoms with E-state index in [-0.39, 0.29) is 0 Å². The molecule has 0 heterocycles. The van der Waals surface area contributed by atoms with Crippen LogP contribution in [0.1, 0.15) is 118 Å². The van der Waals surface area contributed by atoms with E-state index in [0.29, 0.717) is 6.17 Å². The largest absolute Gasteiger partial charge is 0.288 e. The normalized spacial score (nSPS) is 12.3. The first-order valence-electron chi connectivity index (χ1n) is 12.4. The summed E-state index contributed by atoms with van der Waals surface area (Å²) in [5, 5.41) is 0. The molecule has 0 atom stereocenters. The molecule has 0 rings (SSSR count). The zero-order valence-electron chi connectivity index (χ0n) is 19.6. The molecule has 27 heavy (non-hydrogen) atoms. The van der Waals surface area contributed by atoms with Gasteiger partial charge in [0.2, 0.25) is 0 Å². The van der Waals surface area contributed by atoms with E-state index in [1.165, 1.54) is 110 Å². The Hall–Kier alpha value is -0.340. The lowest BCUT2D eigenvalue weighted by Crippen LogP contribution is -2.49. The molecule has 0 N–H and O–H groups in total. The van der Waals surface area contributed by atoms with Gasteiger partial charge in [0.05, 0.1) is 6.17 Å². The summed E-state index contributed by atoms with van der Waals surface area (Å²) in [7, 11) is 0. The minimum absolute atomic E-state index is 0.593. The van der Waals surface area contributed by atoms with Crippen LogP contribution in [0.15, 0.2) is 12.2 Å². The molecular weight excluding hydrogens is 328 g/mol. The Balaban J connectivity index is 4.47. The summed E-state index contributed by atoms with van der Waals surface area (Å²) in [4.78, 5) is 5.48. The predicted octanol–water partition coefficient (Wildman–Crippen LogP) is 7.64. The Labute approximate surface area is 172 Å². The third-order valence-corrected chi connectivity index (χ3v) is 5.37. The lowest BCUT2D eigenvalue weighted by Gasteiger charge is -2.39. The van der Waals surface area contributed by atoms with Crippen LogP contribution in [0.3, 0.4) is 0 Å². The van der Waals surface area contributed by atoms with Gasteiger partial charge in [-0.05, 0) is 71.1 Å². The van der Waals surface area contributed by atoms with Crippen molar-refractivity contribution in [3.63, 3.8) is 0 Å². The van der Waals surface area contributed by atoms with Gasteiger partial charge in [-0.15, -0.1) is 0 Å². The third kappa shape index (κ3) is 14.3. The van der Waals surface area contributed by atoms with E-state index in [0.717, 1.165) is 0 Å². The zero-order chi connectivity index (χ0) is 20.2. The van der Waals surface area contributed by atoms with Gasteiger partial charge in [-0.3, -0.25) is 9.80 Å². The summed E-state index contributed by atoms with van der Waals surface area (Å²) in [6, 6.07) is 0. The van der Waals surface area contributed by atoms with Crippen molar-refractivity contribution < 1.29 is 0 Å². The fourth-order valence-corrected chi connectivity index (χ4v) is 4.05. The quantitative estimate of drug-likeness (QED) is 0.122. The van der Waals surface area contributed by atoms with Gasteiger partial charge in [-0.2, -0.15) is 0 Å². The molecule has 0 aromatic carbocycles. The fourth-order valence-electron chi connectivity index (χ4n) is 4.05. The molecule has 0 saturated heterocycles. The molecule has 0 aliphatic heterocycles. The molecule has 0 spiro atoms. The molecule has 0 amide bonds. The Morgan fingerprint density at radius 1 is 0.519 bits per heavy atom. The van der Waals surface area contributed by atoms with E-state index < -0.39 is 0 Å². The van der Waals surface area contributed by atoms with Crippen molar-refractivity contribution in [3.8, 4) is 0 Å². The maximum absolute atomic E-state index is 2.74. The second-order valence-corrected chi connectivity index (χ2v) is 8.17. The Morgan fingerprint density at radius 2 is 0.963 bits per heavy atom. The van der Waals surface area contributed by atoms with Gasteiger partial charge in [0, 0.05) is 0 Å². The van der Waals surface area contributed by atoms with Crippen molar-refractivity contribution in [1.82, 2.24) is 9.80 Å². The minimum Gasteiger partial charge on any atom is -0.288 e. The van der Waals surface area contributed by atoms with Crippen LogP contribution in [-0.2, 0) is 0 Å². The molecule has 0 aromatic rings. The summed E-state index contributed by atoms with van der Waals surface area (Å²) in [6.07, 6.45) is 22.9. The van der Waals surface area contributed by atoms with Crippen LogP contribution in [-0.4, -0.2) is 42.1 Å². The van der Waals surface area contributed by atoms with Gasteiger partial charge in [0.1, 0.15) is 0 Å². The Kier molecular flexibility index (Phi) is 20.1. The van der Waals surface area contributed by atoms with E-state index in [1.54, 1.807) is 0 Å². The molecule has 162 valence electrons. The minimum atomic E-state index is 0.593. The Bertz CT molecular complexity index is 285. The average molecular weight is 381 g/mol. The highest BCUT2D eigenvalue weighted by Crippen LogP contribution is 2.15. The average Bonchev–Trinajstić information content (AvgIpc) is 2.66. The van der Waals surface area contributed by atoms with E-state index in [4.69, 9.17) is 0 Å². The number of allylic oxidation sites excluding steroid dienone is 1. The molecule has 2 heteroatoms. The van der Waals surface area contributed by atoms with E-state index in [1.807, 2.05) is 0 Å². The summed E-state index contributed by atoms with van der Waals surface area (Å²) in [6.45, 7) is 16.5. The molecule has 0 aromatic heterocycles. The molecule has 0 fully saturated rings. The fraction of sp³-hybridized carbons (Fsp3) is 0.920. The van der Waals surface area contributed by atoms with Crippen LogP contribution < -0.4 is 0 Å². The maximum atomic E-state index is 2.74. The van der Waals surface area contributed by atoms with Crippen LogP contribution in [0.4, 0.5) is 0 Å². The summed E-state index contributed by atoms with van der Waals surface area (Å²) in [5.41, 5.74) is 0. The van der Waals surface area contributed by atoms with Crippen LogP contribution in [0, 0.1) is 0 Å². The van der Waals surface area contributed by atoms with Gasteiger partial charge in [-0.25, -0.2) is 0 Å². The number of hydrogen-bond acceptors (Lipinski definition) is 2. The van der Waals surface area contributed by atoms with Gasteiger partial charge in [0.15, 0.2) is 0 Å². The lowest BCUT2D eigenvalue weighted by molar-refractivity contribution is 0.0429. The highest BCUT2D eigenvalue weighted by Gasteiger charge is 2.22. The van der Waals surface area contributed by atoms with Gasteiger partial charge in [0.25, 0.3) is 0 Å². The first-order valence-corrected chi connectivity index (χ1v) is 12.4. The smallest absolute Gasteiger partial charge is 0.0657 e. The first kappa shape index (κ1) is 26.7. The van der Waals surface area contributed by atoms with Gasteiger partial charge < -0.3 is 0 Å². The number of hydrogen-bond donors (Lipinski definition) is 0. The summed E-state index contributed by atoms with van der Waals surface area (Å²) < 4.78 is 0. The summed E-state index contributed by atoms with van der Waals surface area (Å²) >= 11 is 0. The van der Waals surface area contributed by atoms with Crippen LogP contribution >= 0.6 is 0 Å². The third-order valence-electron chi connectivity index (χ3n) is 5.37. The van der Waals surface area contributed by atoms with Crippen LogP contribution in [0.5, 0.6) is 0 Å². The molecule has 0 radical (unpaired) electrons. The second-order valence-electron chi connectivity index (χ2n) is 8.17. The van der Waals surface area contributed by atoms with Crippen molar-refractivity contribution in [2.24, 2.45) is 0 Å². The van der Waals surface area contributed by atoms with Crippen molar-refractivity contribution in [2.45, 2.75) is 124 Å². The van der Waals surface area contributed by atoms with Crippen LogP contribution in [0.2, 0.25) is 0 Å². The molecule has 0 bridgehead atoms. The lowest BCUT2D eigenvalue weighted by atomic mass is 10.1. The van der Waals surface area contributed by atoms with Crippen LogP contribution in [0.25, 0.3) is 0 Å². The maximum Gasteiger partial charge on any atom is 0.0657 e. The van der Waals surface area contributed by atoms with Gasteiger partial charge >= 0.3 is 0 Å². The molecular formula is C25H52N2. The topological polar surface area (TPSA) is 6.48 Å². The van der Waals surface area contributed by atoms with E-state index in [9.17, 15) is 0 Å². The summed E-state index contributed by atoms with van der Waals surface area (Å²) in [5.74, 6) is 0. The highest BCUT2D eigenvalue weighted by atomic mass is 15.3. The van der Waals surface area contributed by atoms with E-state index in [2.05, 4.69) is 56.6 Å². The van der Waals surface area contributed by atoms with Crippen molar-refractivity contribution in [1.29, 1.82) is 0 Å². The van der Waals surface area contributed by atoms with Crippen molar-refractivity contribution in [2.75, 3.05) is 26.2 Å². The molecule has 0 aliphatic carbocycles. The number of rotatable bonds is 20. The first-order chi connectivity index (χ1) is 13.2.